The van der Waals surface area contributed by atoms with Crippen molar-refractivity contribution < 1.29 is 23.8 Å². The van der Waals surface area contributed by atoms with Crippen molar-refractivity contribution >= 4 is 34.0 Å². The van der Waals surface area contributed by atoms with Crippen molar-refractivity contribution in [1.29, 1.82) is 0 Å². The molecule has 0 saturated carbocycles. The number of aromatic amines is 1. The number of carbonyl (C=O) groups is 2. The Morgan fingerprint density at radius 2 is 1.79 bits per heavy atom. The van der Waals surface area contributed by atoms with Gasteiger partial charge in [-0.25, -0.2) is 0 Å². The summed E-state index contributed by atoms with van der Waals surface area (Å²) in [6, 6.07) is 15.1. The number of methoxy groups -OCH3 is 3. The molecule has 10 nitrogen and oxygen atoms in total. The van der Waals surface area contributed by atoms with Crippen molar-refractivity contribution in [3.8, 4) is 28.4 Å². The van der Waals surface area contributed by atoms with Gasteiger partial charge in [0.25, 0.3) is 0 Å². The Morgan fingerprint density at radius 1 is 0.979 bits per heavy atom. The third kappa shape index (κ3) is 6.47. The minimum atomic E-state index is -0.382. The molecule has 6 rings (SSSR count). The zero-order valence-corrected chi connectivity index (χ0v) is 27.9. The van der Waals surface area contributed by atoms with Gasteiger partial charge in [0.2, 0.25) is 23.0 Å². The highest BCUT2D eigenvalue weighted by atomic mass is 16.5. The van der Waals surface area contributed by atoms with E-state index in [1.807, 2.05) is 29.2 Å². The third-order valence-electron chi connectivity index (χ3n) is 9.30. The first-order chi connectivity index (χ1) is 23.3. The van der Waals surface area contributed by atoms with E-state index in [9.17, 15) is 14.4 Å². The third-order valence-corrected chi connectivity index (χ3v) is 9.30. The molecule has 1 atom stereocenters. The minimum absolute atomic E-state index is 0.102. The number of amides is 2. The number of benzene rings is 2. The molecule has 4 aromatic rings. The van der Waals surface area contributed by atoms with Crippen LogP contribution >= 0.6 is 0 Å². The Balaban J connectivity index is 1.17. The predicted octanol–water partition coefficient (Wildman–Crippen LogP) is 5.85. The van der Waals surface area contributed by atoms with Crippen molar-refractivity contribution in [2.24, 2.45) is 0 Å². The van der Waals surface area contributed by atoms with Gasteiger partial charge in [-0.15, -0.1) is 0 Å². The summed E-state index contributed by atoms with van der Waals surface area (Å²) in [5.74, 6) is 1.43. The standard InChI is InChI=1S/C38H42N4O6/c1-23(43)41-31-13-11-25-20-34(46-2)37(47-3)38(48-4)36(25)27-12-14-32(33(44)21-28(27)31)39-17-7-10-35(45)42-18-15-24(16-19-42)29-22-40-30-9-6-5-8-26(29)30/h5-6,8-9,12,14-15,20-22,31,40H,7,10-11,13,16-19H2,1-4H3,(H,39,44)(H,41,43). The minimum Gasteiger partial charge on any atom is -0.493 e. The van der Waals surface area contributed by atoms with Gasteiger partial charge in [0.1, 0.15) is 0 Å². The van der Waals surface area contributed by atoms with E-state index in [2.05, 4.69) is 40.0 Å². The van der Waals surface area contributed by atoms with Gasteiger partial charge in [0.05, 0.1) is 33.1 Å². The molecule has 1 aliphatic heterocycles. The Morgan fingerprint density at radius 3 is 2.52 bits per heavy atom. The summed E-state index contributed by atoms with van der Waals surface area (Å²) in [5, 5.41) is 7.49. The zero-order chi connectivity index (χ0) is 33.8. The van der Waals surface area contributed by atoms with Crippen molar-refractivity contribution in [2.45, 2.75) is 45.1 Å². The molecule has 250 valence electrons. The molecular formula is C38H42N4O6. The molecule has 0 bridgehead atoms. The summed E-state index contributed by atoms with van der Waals surface area (Å²) in [6.45, 7) is 3.20. The number of hydrogen-bond acceptors (Lipinski definition) is 7. The number of hydrogen-bond donors (Lipinski definition) is 3. The van der Waals surface area contributed by atoms with Gasteiger partial charge < -0.3 is 34.7 Å². The molecule has 1 aromatic heterocycles. The lowest BCUT2D eigenvalue weighted by Crippen LogP contribution is -2.34. The monoisotopic (exact) mass is 650 g/mol. The van der Waals surface area contributed by atoms with E-state index in [-0.39, 0.29) is 23.3 Å². The van der Waals surface area contributed by atoms with E-state index in [0.29, 0.717) is 73.8 Å². The van der Waals surface area contributed by atoms with Crippen LogP contribution in [0.15, 0.2) is 65.6 Å². The van der Waals surface area contributed by atoms with Crippen LogP contribution in [0.3, 0.4) is 0 Å². The fraction of sp³-hybridized carbons (Fsp3) is 0.342. The van der Waals surface area contributed by atoms with Crippen molar-refractivity contribution in [3.63, 3.8) is 0 Å². The maximum Gasteiger partial charge on any atom is 0.222 e. The zero-order valence-electron chi connectivity index (χ0n) is 27.9. The SMILES string of the molecule is COc1cc2c(c(OC)c1OC)-c1ccc(NCCCC(=O)N3CC=C(c4c[nH]c5ccccc45)CC3)c(=O)cc1C(NC(C)=O)CC2. The molecule has 0 saturated heterocycles. The lowest BCUT2D eigenvalue weighted by molar-refractivity contribution is -0.130. The normalized spacial score (nSPS) is 15.5. The van der Waals surface area contributed by atoms with Gasteiger partial charge in [0, 0.05) is 61.2 Å². The van der Waals surface area contributed by atoms with Crippen molar-refractivity contribution in [1.82, 2.24) is 15.2 Å². The number of carbonyl (C=O) groups excluding carboxylic acids is 2. The van der Waals surface area contributed by atoms with Crippen molar-refractivity contribution in [3.05, 3.63) is 87.7 Å². The highest BCUT2D eigenvalue weighted by molar-refractivity contribution is 5.93. The van der Waals surface area contributed by atoms with Gasteiger partial charge in [-0.1, -0.05) is 30.3 Å². The average molecular weight is 651 g/mol. The van der Waals surface area contributed by atoms with Crippen LogP contribution in [0.4, 0.5) is 5.69 Å². The van der Waals surface area contributed by atoms with Gasteiger partial charge in [-0.05, 0) is 72.2 Å². The van der Waals surface area contributed by atoms with Gasteiger partial charge in [-0.2, -0.15) is 0 Å². The van der Waals surface area contributed by atoms with Crippen LogP contribution in [0.5, 0.6) is 17.2 Å². The van der Waals surface area contributed by atoms with Crippen LogP contribution in [-0.4, -0.2) is 62.7 Å². The summed E-state index contributed by atoms with van der Waals surface area (Å²) in [4.78, 5) is 44.1. The van der Waals surface area contributed by atoms with Crippen molar-refractivity contribution in [2.75, 3.05) is 46.3 Å². The Bertz CT molecular complexity index is 1950. The number of aryl methyl sites for hydroxylation is 1. The number of H-pyrrole nitrogens is 1. The Labute approximate surface area is 280 Å². The topological polar surface area (TPSA) is 122 Å². The molecule has 0 fully saturated rings. The fourth-order valence-electron chi connectivity index (χ4n) is 6.95. The highest BCUT2D eigenvalue weighted by Crippen LogP contribution is 2.50. The van der Waals surface area contributed by atoms with Crippen LogP contribution in [-0.2, 0) is 16.0 Å². The van der Waals surface area contributed by atoms with Crippen LogP contribution in [0, 0.1) is 0 Å². The quantitative estimate of drug-likeness (QED) is 0.184. The molecule has 1 unspecified atom stereocenters. The number of rotatable bonds is 10. The highest BCUT2D eigenvalue weighted by Gasteiger charge is 2.29. The Kier molecular flexibility index (Phi) is 9.70. The number of fused-ring (bicyclic) bond motifs is 4. The first-order valence-electron chi connectivity index (χ1n) is 16.4. The first kappa shape index (κ1) is 32.7. The van der Waals surface area contributed by atoms with E-state index < -0.39 is 0 Å². The number of aromatic nitrogens is 1. The molecule has 3 aromatic carbocycles. The maximum atomic E-state index is 13.6. The predicted molar refractivity (Wildman–Crippen MR) is 188 cm³/mol. The van der Waals surface area contributed by atoms with E-state index in [1.54, 1.807) is 33.5 Å². The fourth-order valence-corrected chi connectivity index (χ4v) is 6.95. The summed E-state index contributed by atoms with van der Waals surface area (Å²) >= 11 is 0. The number of ether oxygens (including phenoxy) is 3. The van der Waals surface area contributed by atoms with Crippen LogP contribution in [0.2, 0.25) is 0 Å². The first-order valence-corrected chi connectivity index (χ1v) is 16.4. The smallest absolute Gasteiger partial charge is 0.222 e. The molecule has 10 heteroatoms. The summed E-state index contributed by atoms with van der Waals surface area (Å²) in [6.07, 6.45) is 7.18. The summed E-state index contributed by atoms with van der Waals surface area (Å²) < 4.78 is 17.1. The number of para-hydroxylation sites is 1. The lowest BCUT2D eigenvalue weighted by Gasteiger charge is -2.26. The Hall–Kier alpha value is -5.25. The molecule has 2 heterocycles. The second kappa shape index (κ2) is 14.3. The van der Waals surface area contributed by atoms with E-state index in [4.69, 9.17) is 14.2 Å². The summed E-state index contributed by atoms with van der Waals surface area (Å²) in [7, 11) is 4.71. The summed E-state index contributed by atoms with van der Waals surface area (Å²) in [5.41, 5.74) is 7.02. The second-order valence-corrected chi connectivity index (χ2v) is 12.2. The molecule has 1 aliphatic carbocycles. The van der Waals surface area contributed by atoms with E-state index in [1.165, 1.54) is 23.4 Å². The van der Waals surface area contributed by atoms with Crippen LogP contribution in [0.25, 0.3) is 27.6 Å². The maximum absolute atomic E-state index is 13.6. The van der Waals surface area contributed by atoms with Crippen LogP contribution < -0.4 is 30.3 Å². The van der Waals surface area contributed by atoms with Crippen LogP contribution in [0.1, 0.15) is 55.3 Å². The molecule has 3 N–H and O–H groups in total. The van der Waals surface area contributed by atoms with Gasteiger partial charge >= 0.3 is 0 Å². The molecule has 2 aliphatic rings. The number of nitrogens with zero attached hydrogens (tertiary/aromatic N) is 1. The molecule has 2 amide bonds. The second-order valence-electron chi connectivity index (χ2n) is 12.2. The van der Waals surface area contributed by atoms with Gasteiger partial charge in [-0.3, -0.25) is 14.4 Å². The number of nitrogens with one attached hydrogen (secondary N) is 3. The lowest BCUT2D eigenvalue weighted by atomic mass is 9.95. The van der Waals surface area contributed by atoms with E-state index >= 15 is 0 Å². The van der Waals surface area contributed by atoms with Gasteiger partial charge in [0.15, 0.2) is 11.5 Å². The molecule has 48 heavy (non-hydrogen) atoms. The largest absolute Gasteiger partial charge is 0.493 e. The molecular weight excluding hydrogens is 608 g/mol. The number of anilines is 1. The average Bonchev–Trinajstić information content (AvgIpc) is 3.39. The molecule has 0 radical (unpaired) electrons. The van der Waals surface area contributed by atoms with E-state index in [0.717, 1.165) is 28.6 Å². The molecule has 0 spiro atoms.